The molecule has 0 aliphatic carbocycles. The molecular formula is C15H22N8O3. The van der Waals surface area contributed by atoms with Crippen molar-refractivity contribution in [2.75, 3.05) is 11.5 Å². The minimum atomic E-state index is -1.06. The van der Waals surface area contributed by atoms with E-state index in [1.54, 1.807) is 20.2 Å². The molecule has 0 spiro atoms. The number of barbiturate groups is 1. The molecule has 3 rings (SSSR count). The summed E-state index contributed by atoms with van der Waals surface area (Å²) < 4.78 is 1.86. The number of hydrogen-bond donors (Lipinski definition) is 4. The highest BCUT2D eigenvalue weighted by atomic mass is 16.2. The van der Waals surface area contributed by atoms with Crippen molar-refractivity contribution in [1.29, 1.82) is 0 Å². The Bertz CT molecular complexity index is 834. The second kappa shape index (κ2) is 7.33. The SMILES string of the molecule is CCC1(CC)C(=O)NC(=O)NC1=O.CCn1cnc2c(N)nc(N)nc21. The van der Waals surface area contributed by atoms with Crippen LogP contribution >= 0.6 is 0 Å². The van der Waals surface area contributed by atoms with Crippen LogP contribution < -0.4 is 22.1 Å². The Balaban J connectivity index is 0.000000187. The molecule has 11 heteroatoms. The second-order valence-electron chi connectivity index (χ2n) is 5.70. The van der Waals surface area contributed by atoms with Crippen LogP contribution in [0.2, 0.25) is 0 Å². The summed E-state index contributed by atoms with van der Waals surface area (Å²) in [6.45, 7) is 6.28. The van der Waals surface area contributed by atoms with E-state index in [1.807, 2.05) is 11.5 Å². The maximum absolute atomic E-state index is 11.4. The zero-order valence-electron chi connectivity index (χ0n) is 14.9. The number of aryl methyl sites for hydroxylation is 1. The first kappa shape index (κ1) is 19.1. The van der Waals surface area contributed by atoms with Crippen molar-refractivity contribution < 1.29 is 14.4 Å². The molecule has 2 aromatic heterocycles. The quantitative estimate of drug-likeness (QED) is 0.559. The number of hydrogen-bond acceptors (Lipinski definition) is 8. The lowest BCUT2D eigenvalue weighted by Gasteiger charge is -2.31. The molecule has 3 heterocycles. The number of anilines is 2. The predicted molar refractivity (Wildman–Crippen MR) is 94.5 cm³/mol. The number of imide groups is 2. The monoisotopic (exact) mass is 362 g/mol. The molecule has 1 aliphatic rings. The third kappa shape index (κ3) is 3.27. The van der Waals surface area contributed by atoms with Gasteiger partial charge < -0.3 is 16.0 Å². The van der Waals surface area contributed by atoms with Gasteiger partial charge in [0.25, 0.3) is 0 Å². The first-order chi connectivity index (χ1) is 12.3. The summed E-state index contributed by atoms with van der Waals surface area (Å²) in [6, 6.07) is -0.729. The number of amides is 4. The molecule has 0 radical (unpaired) electrons. The van der Waals surface area contributed by atoms with Crippen LogP contribution in [0.3, 0.4) is 0 Å². The van der Waals surface area contributed by atoms with E-state index >= 15 is 0 Å². The first-order valence-corrected chi connectivity index (χ1v) is 8.19. The van der Waals surface area contributed by atoms with Crippen LogP contribution in [0.4, 0.5) is 16.6 Å². The summed E-state index contributed by atoms with van der Waals surface area (Å²) in [6.07, 6.45) is 2.47. The smallest absolute Gasteiger partial charge is 0.328 e. The minimum Gasteiger partial charge on any atom is -0.382 e. The van der Waals surface area contributed by atoms with Crippen LogP contribution in [0.5, 0.6) is 0 Å². The second-order valence-corrected chi connectivity index (χ2v) is 5.70. The van der Waals surface area contributed by atoms with Crippen LogP contribution in [0.1, 0.15) is 33.6 Å². The number of nitrogen functional groups attached to an aromatic ring is 2. The molecule has 11 nitrogen and oxygen atoms in total. The first-order valence-electron chi connectivity index (χ1n) is 8.19. The number of nitrogens with zero attached hydrogens (tertiary/aromatic N) is 4. The third-order valence-corrected chi connectivity index (χ3v) is 4.38. The fourth-order valence-corrected chi connectivity index (χ4v) is 2.69. The zero-order valence-corrected chi connectivity index (χ0v) is 14.9. The van der Waals surface area contributed by atoms with Crippen molar-refractivity contribution >= 4 is 40.8 Å². The highest BCUT2D eigenvalue weighted by Gasteiger charge is 2.47. The van der Waals surface area contributed by atoms with E-state index in [-0.39, 0.29) is 5.95 Å². The molecule has 0 unspecified atom stereocenters. The topological polar surface area (TPSA) is 171 Å². The van der Waals surface area contributed by atoms with Gasteiger partial charge in [0.1, 0.15) is 10.9 Å². The number of nitrogens with one attached hydrogen (secondary N) is 2. The van der Waals surface area contributed by atoms with Gasteiger partial charge in [-0.25, -0.2) is 9.78 Å². The van der Waals surface area contributed by atoms with Gasteiger partial charge in [0.15, 0.2) is 11.5 Å². The summed E-state index contributed by atoms with van der Waals surface area (Å²) in [7, 11) is 0. The van der Waals surface area contributed by atoms with E-state index in [1.165, 1.54) is 0 Å². The van der Waals surface area contributed by atoms with E-state index in [9.17, 15) is 14.4 Å². The van der Waals surface area contributed by atoms with Crippen LogP contribution in [0, 0.1) is 5.41 Å². The number of fused-ring (bicyclic) bond motifs is 1. The van der Waals surface area contributed by atoms with Crippen molar-refractivity contribution in [1.82, 2.24) is 30.2 Å². The summed E-state index contributed by atoms with van der Waals surface area (Å²) in [5.74, 6) is -0.479. The van der Waals surface area contributed by atoms with Gasteiger partial charge in [0.2, 0.25) is 17.8 Å². The normalized spacial score (nSPS) is 15.9. The fraction of sp³-hybridized carbons (Fsp3) is 0.467. The lowest BCUT2D eigenvalue weighted by atomic mass is 9.79. The van der Waals surface area contributed by atoms with Crippen molar-refractivity contribution in [2.45, 2.75) is 40.2 Å². The Kier molecular flexibility index (Phi) is 5.38. The Labute approximate surface area is 149 Å². The van der Waals surface area contributed by atoms with Gasteiger partial charge in [-0.2, -0.15) is 9.97 Å². The van der Waals surface area contributed by atoms with E-state index in [0.717, 1.165) is 6.54 Å². The Morgan fingerprint density at radius 2 is 1.62 bits per heavy atom. The standard InChI is InChI=1S/C8H12N2O3.C7H10N6/c1-3-8(4-2)5(11)9-7(13)10-6(8)12;1-2-13-3-10-4-5(8)11-7(9)12-6(4)13/h3-4H2,1-2H3,(H2,9,10,11,12,13);3H,2H2,1H3,(H4,8,9,11,12). The highest BCUT2D eigenvalue weighted by molar-refractivity contribution is 6.19. The van der Waals surface area contributed by atoms with Crippen LogP contribution in [-0.4, -0.2) is 37.4 Å². The summed E-state index contributed by atoms with van der Waals surface area (Å²) in [5, 5.41) is 4.19. The largest absolute Gasteiger partial charge is 0.382 e. The van der Waals surface area contributed by atoms with Gasteiger partial charge in [0, 0.05) is 6.54 Å². The van der Waals surface area contributed by atoms with Crippen LogP contribution in [-0.2, 0) is 16.1 Å². The van der Waals surface area contributed by atoms with E-state index in [2.05, 4.69) is 25.6 Å². The van der Waals surface area contributed by atoms with Gasteiger partial charge in [-0.15, -0.1) is 0 Å². The van der Waals surface area contributed by atoms with Crippen molar-refractivity contribution in [3.63, 3.8) is 0 Å². The Morgan fingerprint density at radius 1 is 1.04 bits per heavy atom. The summed E-state index contributed by atoms with van der Waals surface area (Å²) in [5.41, 5.74) is 11.3. The Hall–Kier alpha value is -3.24. The number of imidazole rings is 1. The molecule has 0 aromatic carbocycles. The molecule has 140 valence electrons. The van der Waals surface area contributed by atoms with Gasteiger partial charge in [-0.3, -0.25) is 20.2 Å². The van der Waals surface area contributed by atoms with Crippen LogP contribution in [0.15, 0.2) is 6.33 Å². The average molecular weight is 362 g/mol. The molecule has 1 saturated heterocycles. The predicted octanol–water partition coefficient (Wildman–Crippen LogP) is 0.169. The molecule has 1 aliphatic heterocycles. The molecule has 1 fully saturated rings. The number of urea groups is 1. The van der Waals surface area contributed by atoms with Gasteiger partial charge >= 0.3 is 6.03 Å². The molecular weight excluding hydrogens is 340 g/mol. The molecule has 2 aromatic rings. The molecule has 0 atom stereocenters. The van der Waals surface area contributed by atoms with Gasteiger partial charge in [-0.05, 0) is 19.8 Å². The van der Waals surface area contributed by atoms with E-state index in [4.69, 9.17) is 11.5 Å². The zero-order chi connectivity index (χ0) is 19.5. The molecule has 0 saturated carbocycles. The lowest BCUT2D eigenvalue weighted by molar-refractivity contribution is -0.144. The number of nitrogens with two attached hydrogens (primary N) is 2. The number of carbonyl (C=O) groups is 3. The average Bonchev–Trinajstić information content (AvgIpc) is 2.99. The summed E-state index contributed by atoms with van der Waals surface area (Å²) >= 11 is 0. The van der Waals surface area contributed by atoms with Crippen molar-refractivity contribution in [3.8, 4) is 0 Å². The minimum absolute atomic E-state index is 0.181. The Morgan fingerprint density at radius 3 is 2.12 bits per heavy atom. The maximum atomic E-state index is 11.4. The molecule has 0 bridgehead atoms. The number of rotatable bonds is 3. The number of aromatic nitrogens is 4. The fourth-order valence-electron chi connectivity index (χ4n) is 2.69. The van der Waals surface area contributed by atoms with Crippen molar-refractivity contribution in [2.24, 2.45) is 5.41 Å². The van der Waals surface area contributed by atoms with Gasteiger partial charge in [0.05, 0.1) is 6.33 Å². The van der Waals surface area contributed by atoms with Gasteiger partial charge in [-0.1, -0.05) is 13.8 Å². The molecule has 26 heavy (non-hydrogen) atoms. The molecule has 6 N–H and O–H groups in total. The summed E-state index contributed by atoms with van der Waals surface area (Å²) in [4.78, 5) is 45.5. The number of carbonyl (C=O) groups excluding carboxylic acids is 3. The van der Waals surface area contributed by atoms with Crippen LogP contribution in [0.25, 0.3) is 11.2 Å². The van der Waals surface area contributed by atoms with E-state index < -0.39 is 23.3 Å². The molecule has 4 amide bonds. The lowest BCUT2D eigenvalue weighted by Crippen LogP contribution is -2.61. The third-order valence-electron chi connectivity index (χ3n) is 4.38. The van der Waals surface area contributed by atoms with Crippen molar-refractivity contribution in [3.05, 3.63) is 6.33 Å². The maximum Gasteiger partial charge on any atom is 0.328 e. The van der Waals surface area contributed by atoms with E-state index in [0.29, 0.717) is 29.8 Å². The highest BCUT2D eigenvalue weighted by Crippen LogP contribution is 2.28.